The Labute approximate surface area is 250 Å². The van der Waals surface area contributed by atoms with Gasteiger partial charge in [0, 0.05) is 21.9 Å². The second-order valence-corrected chi connectivity index (χ2v) is 10.5. The quantitative estimate of drug-likeness (QED) is 0.125. The fourth-order valence-electron chi connectivity index (χ4n) is 4.08. The number of ether oxygens (including phenoxy) is 1. The van der Waals surface area contributed by atoms with Crippen molar-refractivity contribution in [3.8, 4) is 5.75 Å². The standard InChI is InChI=1S/C36H30N2O3S/c39-35(30-14-8-3-9-15-30)38-34(24-27-16-20-32(21-17-27)41-25-28-10-4-1-5-11-28)36(40)37-31-18-22-33(23-19-31)42-26-29-12-6-2-7-13-29/h1-24H,25-26H2,(H,37,40)(H,38,39)/b34-24-. The molecule has 0 radical (unpaired) electrons. The van der Waals surface area contributed by atoms with E-state index in [0.29, 0.717) is 23.6 Å². The average molecular weight is 571 g/mol. The maximum atomic E-state index is 13.4. The van der Waals surface area contributed by atoms with Gasteiger partial charge in [0.05, 0.1) is 0 Å². The first-order valence-corrected chi connectivity index (χ1v) is 14.5. The van der Waals surface area contributed by atoms with Gasteiger partial charge < -0.3 is 15.4 Å². The van der Waals surface area contributed by atoms with Gasteiger partial charge in [0.1, 0.15) is 18.1 Å². The maximum absolute atomic E-state index is 13.4. The summed E-state index contributed by atoms with van der Waals surface area (Å²) in [7, 11) is 0. The highest BCUT2D eigenvalue weighted by atomic mass is 32.2. The number of nitrogens with one attached hydrogen (secondary N) is 2. The number of benzene rings is 5. The number of anilines is 1. The van der Waals surface area contributed by atoms with Crippen LogP contribution in [0.4, 0.5) is 5.69 Å². The van der Waals surface area contributed by atoms with Crippen molar-refractivity contribution in [2.24, 2.45) is 0 Å². The smallest absolute Gasteiger partial charge is 0.272 e. The summed E-state index contributed by atoms with van der Waals surface area (Å²) in [6.45, 7) is 0.459. The lowest BCUT2D eigenvalue weighted by Crippen LogP contribution is -2.30. The van der Waals surface area contributed by atoms with Gasteiger partial charge in [-0.1, -0.05) is 91.0 Å². The summed E-state index contributed by atoms with van der Waals surface area (Å²) < 4.78 is 5.88. The topological polar surface area (TPSA) is 67.4 Å². The summed E-state index contributed by atoms with van der Waals surface area (Å²) >= 11 is 1.73. The van der Waals surface area contributed by atoms with Crippen LogP contribution in [0.3, 0.4) is 0 Å². The molecular formula is C36H30N2O3S. The van der Waals surface area contributed by atoms with Crippen molar-refractivity contribution < 1.29 is 14.3 Å². The fourth-order valence-corrected chi connectivity index (χ4v) is 4.94. The Morgan fingerprint density at radius 3 is 1.90 bits per heavy atom. The molecule has 0 aliphatic rings. The Morgan fingerprint density at radius 1 is 0.667 bits per heavy atom. The van der Waals surface area contributed by atoms with Gasteiger partial charge in [-0.05, 0) is 71.3 Å². The van der Waals surface area contributed by atoms with E-state index in [1.54, 1.807) is 42.1 Å². The molecule has 0 aliphatic heterocycles. The van der Waals surface area contributed by atoms with E-state index in [4.69, 9.17) is 4.74 Å². The van der Waals surface area contributed by atoms with Crippen LogP contribution in [0, 0.1) is 0 Å². The van der Waals surface area contributed by atoms with Gasteiger partial charge >= 0.3 is 0 Å². The molecule has 0 unspecified atom stereocenters. The number of thioether (sulfide) groups is 1. The molecule has 5 aromatic carbocycles. The van der Waals surface area contributed by atoms with Crippen molar-refractivity contribution in [3.63, 3.8) is 0 Å². The molecule has 0 spiro atoms. The molecular weight excluding hydrogens is 540 g/mol. The van der Waals surface area contributed by atoms with Crippen LogP contribution < -0.4 is 15.4 Å². The van der Waals surface area contributed by atoms with Crippen molar-refractivity contribution in [2.75, 3.05) is 5.32 Å². The monoisotopic (exact) mass is 570 g/mol. The van der Waals surface area contributed by atoms with Gasteiger partial charge in [0.2, 0.25) is 0 Å². The van der Waals surface area contributed by atoms with Crippen LogP contribution in [-0.2, 0) is 17.2 Å². The first-order valence-electron chi connectivity index (χ1n) is 13.6. The van der Waals surface area contributed by atoms with Crippen LogP contribution in [0.5, 0.6) is 5.75 Å². The minimum Gasteiger partial charge on any atom is -0.489 e. The average Bonchev–Trinajstić information content (AvgIpc) is 3.05. The highest BCUT2D eigenvalue weighted by Gasteiger charge is 2.15. The van der Waals surface area contributed by atoms with Gasteiger partial charge in [-0.3, -0.25) is 9.59 Å². The third-order valence-electron chi connectivity index (χ3n) is 6.33. The zero-order valence-corrected chi connectivity index (χ0v) is 23.7. The molecule has 0 aromatic heterocycles. The van der Waals surface area contributed by atoms with E-state index in [-0.39, 0.29) is 11.6 Å². The summed E-state index contributed by atoms with van der Waals surface area (Å²) in [5.74, 6) is 0.780. The molecule has 0 fully saturated rings. The zero-order chi connectivity index (χ0) is 29.0. The van der Waals surface area contributed by atoms with E-state index >= 15 is 0 Å². The van der Waals surface area contributed by atoms with Crippen molar-refractivity contribution in [2.45, 2.75) is 17.3 Å². The number of rotatable bonds is 11. The van der Waals surface area contributed by atoms with Gasteiger partial charge in [0.15, 0.2) is 0 Å². The van der Waals surface area contributed by atoms with Crippen LogP contribution in [0.1, 0.15) is 27.0 Å². The molecule has 42 heavy (non-hydrogen) atoms. The summed E-state index contributed by atoms with van der Waals surface area (Å²) in [4.78, 5) is 27.4. The van der Waals surface area contributed by atoms with Crippen LogP contribution in [-0.4, -0.2) is 11.8 Å². The van der Waals surface area contributed by atoms with Crippen molar-refractivity contribution in [3.05, 3.63) is 167 Å². The largest absolute Gasteiger partial charge is 0.489 e. The van der Waals surface area contributed by atoms with E-state index in [1.807, 2.05) is 103 Å². The minimum absolute atomic E-state index is 0.129. The fraction of sp³-hybridized carbons (Fsp3) is 0.0556. The Balaban J connectivity index is 1.27. The van der Waals surface area contributed by atoms with E-state index in [1.165, 1.54) is 5.56 Å². The predicted octanol–water partition coefficient (Wildman–Crippen LogP) is 7.97. The van der Waals surface area contributed by atoms with Crippen molar-refractivity contribution in [1.29, 1.82) is 0 Å². The van der Waals surface area contributed by atoms with E-state index < -0.39 is 5.91 Å². The first-order chi connectivity index (χ1) is 20.6. The highest BCUT2D eigenvalue weighted by molar-refractivity contribution is 7.98. The van der Waals surface area contributed by atoms with E-state index in [0.717, 1.165) is 21.8 Å². The number of amides is 2. The second-order valence-electron chi connectivity index (χ2n) is 9.47. The first kappa shape index (κ1) is 28.5. The zero-order valence-electron chi connectivity index (χ0n) is 22.9. The summed E-state index contributed by atoms with van der Waals surface area (Å²) in [6, 6.07) is 44.1. The molecule has 5 aromatic rings. The predicted molar refractivity (Wildman–Crippen MR) is 170 cm³/mol. The summed E-state index contributed by atoms with van der Waals surface area (Å²) in [6.07, 6.45) is 1.65. The Hall–Kier alpha value is -5.07. The molecule has 0 saturated carbocycles. The van der Waals surface area contributed by atoms with Gasteiger partial charge in [0.25, 0.3) is 11.8 Å². The number of carbonyl (C=O) groups is 2. The normalized spacial score (nSPS) is 11.0. The third-order valence-corrected chi connectivity index (χ3v) is 7.41. The lowest BCUT2D eigenvalue weighted by molar-refractivity contribution is -0.113. The molecule has 208 valence electrons. The number of carbonyl (C=O) groups excluding carboxylic acids is 2. The molecule has 5 rings (SSSR count). The molecule has 0 heterocycles. The van der Waals surface area contributed by atoms with E-state index in [2.05, 4.69) is 22.8 Å². The van der Waals surface area contributed by atoms with Gasteiger partial charge in [-0.25, -0.2) is 0 Å². The SMILES string of the molecule is O=C(Nc1ccc(SCc2ccccc2)cc1)/C(=C/c1ccc(OCc2ccccc2)cc1)NC(=O)c1ccccc1. The number of hydrogen-bond acceptors (Lipinski definition) is 4. The summed E-state index contributed by atoms with van der Waals surface area (Å²) in [5, 5.41) is 5.70. The molecule has 2 N–H and O–H groups in total. The van der Waals surface area contributed by atoms with Crippen molar-refractivity contribution in [1.82, 2.24) is 5.32 Å². The molecule has 0 bridgehead atoms. The maximum Gasteiger partial charge on any atom is 0.272 e. The molecule has 0 aliphatic carbocycles. The van der Waals surface area contributed by atoms with Crippen LogP contribution in [0.15, 0.2) is 150 Å². The van der Waals surface area contributed by atoms with Crippen LogP contribution in [0.25, 0.3) is 6.08 Å². The van der Waals surface area contributed by atoms with Gasteiger partial charge in [-0.15, -0.1) is 11.8 Å². The highest BCUT2D eigenvalue weighted by Crippen LogP contribution is 2.24. The van der Waals surface area contributed by atoms with E-state index in [9.17, 15) is 9.59 Å². The lowest BCUT2D eigenvalue weighted by Gasteiger charge is -2.12. The minimum atomic E-state index is -0.423. The molecule has 0 atom stereocenters. The molecule has 6 heteroatoms. The number of hydrogen-bond donors (Lipinski definition) is 2. The van der Waals surface area contributed by atoms with Gasteiger partial charge in [-0.2, -0.15) is 0 Å². The summed E-state index contributed by atoms with van der Waals surface area (Å²) in [5.41, 5.74) is 4.29. The molecule has 5 nitrogen and oxygen atoms in total. The van der Waals surface area contributed by atoms with Crippen LogP contribution in [0.2, 0.25) is 0 Å². The third kappa shape index (κ3) is 8.46. The molecule has 0 saturated heterocycles. The lowest BCUT2D eigenvalue weighted by atomic mass is 10.1. The van der Waals surface area contributed by atoms with Crippen molar-refractivity contribution >= 4 is 35.3 Å². The Morgan fingerprint density at radius 2 is 1.26 bits per heavy atom. The Kier molecular flexibility index (Phi) is 9.84. The second kappa shape index (κ2) is 14.5. The van der Waals surface area contributed by atoms with Crippen LogP contribution >= 0.6 is 11.8 Å². The Bertz CT molecular complexity index is 1620. The molecule has 2 amide bonds.